The number of ether oxygens (including phenoxy) is 1. The Bertz CT molecular complexity index is 644. The lowest BCUT2D eigenvalue weighted by Gasteiger charge is -2.26. The van der Waals surface area contributed by atoms with E-state index in [0.717, 1.165) is 19.3 Å². The molecule has 0 radical (unpaired) electrons. The van der Waals surface area contributed by atoms with E-state index in [4.69, 9.17) is 4.74 Å². The Kier molecular flexibility index (Phi) is 5.66. The van der Waals surface area contributed by atoms with Gasteiger partial charge >= 0.3 is 0 Å². The number of likely N-dealkylation sites (tertiary alicyclic amines) is 1. The molecule has 0 unspecified atom stereocenters. The predicted molar refractivity (Wildman–Crippen MR) is 91.4 cm³/mol. The van der Waals surface area contributed by atoms with Gasteiger partial charge in [0.05, 0.1) is 10.7 Å². The fraction of sp³-hybridized carbons (Fsp3) is 0.375. The van der Waals surface area contributed by atoms with E-state index in [9.17, 15) is 15.2 Å². The monoisotopic (exact) mass is 412 g/mol. The number of carbonyl (C=O) groups is 1. The SMILES string of the molecule is COc1cc(/C=C(\C#N)C(=O)N2CCCCC2)cc(I)c1O. The van der Waals surface area contributed by atoms with Gasteiger partial charge in [-0.25, -0.2) is 0 Å². The van der Waals surface area contributed by atoms with Crippen molar-refractivity contribution in [3.8, 4) is 17.6 Å². The van der Waals surface area contributed by atoms with Crippen LogP contribution in [0, 0.1) is 14.9 Å². The lowest BCUT2D eigenvalue weighted by molar-refractivity contribution is -0.127. The Morgan fingerprint density at radius 3 is 2.68 bits per heavy atom. The summed E-state index contributed by atoms with van der Waals surface area (Å²) >= 11 is 1.98. The number of phenolic OH excluding ortho intramolecular Hbond substituents is 1. The van der Waals surface area contributed by atoms with Gasteiger partial charge in [0.1, 0.15) is 11.6 Å². The summed E-state index contributed by atoms with van der Waals surface area (Å²) in [5.41, 5.74) is 0.756. The van der Waals surface area contributed by atoms with E-state index in [1.165, 1.54) is 7.11 Å². The van der Waals surface area contributed by atoms with Crippen LogP contribution in [0.2, 0.25) is 0 Å². The molecule has 1 heterocycles. The molecular weight excluding hydrogens is 395 g/mol. The summed E-state index contributed by atoms with van der Waals surface area (Å²) in [5.74, 6) is 0.145. The van der Waals surface area contributed by atoms with Crippen LogP contribution in [0.3, 0.4) is 0 Å². The molecule has 0 saturated carbocycles. The number of benzene rings is 1. The first-order chi connectivity index (χ1) is 10.6. The van der Waals surface area contributed by atoms with Crippen LogP contribution >= 0.6 is 22.6 Å². The van der Waals surface area contributed by atoms with Crippen molar-refractivity contribution in [1.29, 1.82) is 5.26 Å². The van der Waals surface area contributed by atoms with E-state index in [1.54, 1.807) is 23.1 Å². The minimum absolute atomic E-state index is 0.0566. The second-order valence-electron chi connectivity index (χ2n) is 5.08. The summed E-state index contributed by atoms with van der Waals surface area (Å²) in [5, 5.41) is 19.1. The molecule has 1 N–H and O–H groups in total. The zero-order valence-corrected chi connectivity index (χ0v) is 14.5. The Morgan fingerprint density at radius 2 is 2.09 bits per heavy atom. The van der Waals surface area contributed by atoms with Crippen LogP contribution in [0.15, 0.2) is 17.7 Å². The number of carbonyl (C=O) groups excluding carboxylic acids is 1. The van der Waals surface area contributed by atoms with Crippen molar-refractivity contribution >= 4 is 34.6 Å². The number of rotatable bonds is 3. The van der Waals surface area contributed by atoms with Gasteiger partial charge in [-0.1, -0.05) is 0 Å². The van der Waals surface area contributed by atoms with Crippen molar-refractivity contribution < 1.29 is 14.6 Å². The molecule has 0 atom stereocenters. The number of hydrogen-bond donors (Lipinski definition) is 1. The molecule has 1 saturated heterocycles. The number of phenols is 1. The molecule has 6 heteroatoms. The van der Waals surface area contributed by atoms with Crippen LogP contribution in [0.1, 0.15) is 24.8 Å². The third kappa shape index (κ3) is 3.71. The Labute approximate surface area is 143 Å². The summed E-state index contributed by atoms with van der Waals surface area (Å²) < 4.78 is 5.70. The van der Waals surface area contributed by atoms with Crippen molar-refractivity contribution in [2.75, 3.05) is 20.2 Å². The molecule has 0 bridgehead atoms. The molecule has 5 nitrogen and oxygen atoms in total. The van der Waals surface area contributed by atoms with E-state index in [2.05, 4.69) is 0 Å². The summed E-state index contributed by atoms with van der Waals surface area (Å²) in [6.45, 7) is 1.41. The molecule has 1 aromatic rings. The average molecular weight is 412 g/mol. The number of aromatic hydroxyl groups is 1. The van der Waals surface area contributed by atoms with Crippen molar-refractivity contribution in [3.63, 3.8) is 0 Å². The third-order valence-corrected chi connectivity index (χ3v) is 4.40. The van der Waals surface area contributed by atoms with Gasteiger partial charge in [-0.3, -0.25) is 4.79 Å². The molecule has 1 aromatic carbocycles. The third-order valence-electron chi connectivity index (χ3n) is 3.58. The smallest absolute Gasteiger partial charge is 0.264 e. The summed E-state index contributed by atoms with van der Waals surface area (Å²) in [6, 6.07) is 5.30. The Morgan fingerprint density at radius 1 is 1.41 bits per heavy atom. The van der Waals surface area contributed by atoms with E-state index in [1.807, 2.05) is 28.7 Å². The fourth-order valence-corrected chi connectivity index (χ4v) is 3.03. The second-order valence-corrected chi connectivity index (χ2v) is 6.24. The van der Waals surface area contributed by atoms with Crippen LogP contribution in [0.25, 0.3) is 6.08 Å². The van der Waals surface area contributed by atoms with Gasteiger partial charge in [-0.15, -0.1) is 0 Å². The zero-order chi connectivity index (χ0) is 16.1. The van der Waals surface area contributed by atoms with Crippen LogP contribution in [0.5, 0.6) is 11.5 Å². The van der Waals surface area contributed by atoms with Gasteiger partial charge in [-0.05, 0) is 65.6 Å². The second kappa shape index (κ2) is 7.49. The first kappa shape index (κ1) is 16.6. The van der Waals surface area contributed by atoms with Crippen molar-refractivity contribution in [2.24, 2.45) is 0 Å². The van der Waals surface area contributed by atoms with E-state index >= 15 is 0 Å². The molecule has 1 aliphatic heterocycles. The number of nitriles is 1. The first-order valence-electron chi connectivity index (χ1n) is 7.04. The maximum Gasteiger partial charge on any atom is 0.264 e. The number of hydrogen-bond acceptors (Lipinski definition) is 4. The molecule has 0 aromatic heterocycles. The molecule has 116 valence electrons. The van der Waals surface area contributed by atoms with Gasteiger partial charge in [0, 0.05) is 13.1 Å². The maximum atomic E-state index is 12.4. The standard InChI is InChI=1S/C16H17IN2O3/c1-22-14-9-11(8-13(17)15(14)20)7-12(10-18)16(21)19-5-3-2-4-6-19/h7-9,20H,2-6H2,1H3/b12-7+. The average Bonchev–Trinajstić information content (AvgIpc) is 2.55. The van der Waals surface area contributed by atoms with E-state index in [-0.39, 0.29) is 17.2 Å². The number of piperidine rings is 1. The Balaban J connectivity index is 2.30. The zero-order valence-electron chi connectivity index (χ0n) is 12.3. The number of halogens is 1. The topological polar surface area (TPSA) is 73.6 Å². The molecule has 22 heavy (non-hydrogen) atoms. The summed E-state index contributed by atoms with van der Waals surface area (Å²) in [7, 11) is 1.46. The van der Waals surface area contributed by atoms with Crippen molar-refractivity contribution in [3.05, 3.63) is 26.8 Å². The fourth-order valence-electron chi connectivity index (χ4n) is 2.41. The van der Waals surface area contributed by atoms with Gasteiger partial charge in [0.25, 0.3) is 5.91 Å². The largest absolute Gasteiger partial charge is 0.504 e. The summed E-state index contributed by atoms with van der Waals surface area (Å²) in [6.07, 6.45) is 4.63. The predicted octanol–water partition coefficient (Wildman–Crippen LogP) is 2.92. The van der Waals surface area contributed by atoms with Gasteiger partial charge in [0.2, 0.25) is 0 Å². The van der Waals surface area contributed by atoms with E-state index in [0.29, 0.717) is 28.0 Å². The molecule has 1 fully saturated rings. The normalized spacial score (nSPS) is 15.3. The molecule has 0 spiro atoms. The number of methoxy groups -OCH3 is 1. The van der Waals surface area contributed by atoms with Crippen LogP contribution < -0.4 is 4.74 Å². The number of nitrogens with zero attached hydrogens (tertiary/aromatic N) is 2. The highest BCUT2D eigenvalue weighted by atomic mass is 127. The first-order valence-corrected chi connectivity index (χ1v) is 8.12. The number of amides is 1. The van der Waals surface area contributed by atoms with Gasteiger partial charge < -0.3 is 14.7 Å². The highest BCUT2D eigenvalue weighted by Gasteiger charge is 2.20. The minimum atomic E-state index is -0.232. The minimum Gasteiger partial charge on any atom is -0.504 e. The lowest BCUT2D eigenvalue weighted by atomic mass is 10.1. The molecule has 0 aliphatic carbocycles. The maximum absolute atomic E-state index is 12.4. The Hall–Kier alpha value is -1.75. The van der Waals surface area contributed by atoms with Gasteiger partial charge in [0.15, 0.2) is 11.5 Å². The van der Waals surface area contributed by atoms with Crippen LogP contribution in [-0.2, 0) is 4.79 Å². The van der Waals surface area contributed by atoms with E-state index < -0.39 is 0 Å². The quantitative estimate of drug-likeness (QED) is 0.471. The highest BCUT2D eigenvalue weighted by Crippen LogP contribution is 2.33. The van der Waals surface area contributed by atoms with Crippen LogP contribution in [-0.4, -0.2) is 36.1 Å². The van der Waals surface area contributed by atoms with Gasteiger partial charge in [-0.2, -0.15) is 5.26 Å². The van der Waals surface area contributed by atoms with Crippen molar-refractivity contribution in [1.82, 2.24) is 4.90 Å². The lowest BCUT2D eigenvalue weighted by Crippen LogP contribution is -2.36. The molecule has 2 rings (SSSR count). The molecule has 1 amide bonds. The molecular formula is C16H17IN2O3. The van der Waals surface area contributed by atoms with Crippen molar-refractivity contribution in [2.45, 2.75) is 19.3 Å². The molecule has 1 aliphatic rings. The highest BCUT2D eigenvalue weighted by molar-refractivity contribution is 14.1. The summed E-state index contributed by atoms with van der Waals surface area (Å²) in [4.78, 5) is 14.1. The van der Waals surface area contributed by atoms with Crippen LogP contribution in [0.4, 0.5) is 0 Å².